The summed E-state index contributed by atoms with van der Waals surface area (Å²) < 4.78 is 56.9. The molecular weight excluding hydrogens is 638 g/mol. The molecule has 0 aromatic heterocycles. The van der Waals surface area contributed by atoms with Gasteiger partial charge in [-0.2, -0.15) is 0 Å². The van der Waals surface area contributed by atoms with Gasteiger partial charge in [0, 0.05) is 24.7 Å². The lowest BCUT2D eigenvalue weighted by molar-refractivity contribution is -0.139. The van der Waals surface area contributed by atoms with Crippen molar-refractivity contribution in [1.29, 1.82) is 0 Å². The molecule has 0 radical (unpaired) electrons. The van der Waals surface area contributed by atoms with E-state index in [0.29, 0.717) is 17.2 Å². The van der Waals surface area contributed by atoms with Crippen LogP contribution in [0.3, 0.4) is 0 Å². The van der Waals surface area contributed by atoms with E-state index >= 15 is 0 Å². The van der Waals surface area contributed by atoms with E-state index in [1.807, 2.05) is 0 Å². The van der Waals surface area contributed by atoms with Crippen LogP contribution in [0, 0.1) is 0 Å². The quantitative estimate of drug-likeness (QED) is 0.240. The Balaban J connectivity index is 1.78. The van der Waals surface area contributed by atoms with E-state index in [9.17, 15) is 18.0 Å². The normalized spacial score (nSPS) is 14.0. The Hall–Kier alpha value is -4.65. The van der Waals surface area contributed by atoms with Crippen LogP contribution in [0.5, 0.6) is 28.7 Å². The lowest BCUT2D eigenvalue weighted by Crippen LogP contribution is -2.53. The number of anilines is 1. The molecule has 48 heavy (non-hydrogen) atoms. The van der Waals surface area contributed by atoms with E-state index in [-0.39, 0.29) is 40.6 Å². The third kappa shape index (κ3) is 8.43. The fourth-order valence-corrected chi connectivity index (χ4v) is 7.12. The molecule has 0 spiro atoms. The average Bonchev–Trinajstić information content (AvgIpc) is 3.12. The van der Waals surface area contributed by atoms with Crippen LogP contribution in [0.4, 0.5) is 5.69 Å². The number of rotatable bonds is 15. The first-order valence-electron chi connectivity index (χ1n) is 15.8. The fourth-order valence-electron chi connectivity index (χ4n) is 5.69. The van der Waals surface area contributed by atoms with E-state index in [1.165, 1.54) is 57.6 Å². The number of nitrogens with zero attached hydrogens (tertiary/aromatic N) is 2. The Labute approximate surface area is 282 Å². The van der Waals surface area contributed by atoms with Crippen LogP contribution in [0.2, 0.25) is 0 Å². The van der Waals surface area contributed by atoms with Crippen molar-refractivity contribution in [3.63, 3.8) is 0 Å². The first kappa shape index (κ1) is 36.2. The zero-order chi connectivity index (χ0) is 34.8. The minimum atomic E-state index is -4.45. The fraction of sp³-hybridized carbons (Fsp3) is 0.429. The van der Waals surface area contributed by atoms with Crippen LogP contribution in [-0.4, -0.2) is 79.3 Å². The predicted octanol–water partition coefficient (Wildman–Crippen LogP) is 4.79. The van der Waals surface area contributed by atoms with Crippen molar-refractivity contribution in [3.05, 3.63) is 66.2 Å². The molecule has 260 valence electrons. The van der Waals surface area contributed by atoms with Crippen LogP contribution >= 0.6 is 0 Å². The highest BCUT2D eigenvalue weighted by Gasteiger charge is 2.35. The van der Waals surface area contributed by atoms with E-state index in [4.69, 9.17) is 23.7 Å². The lowest BCUT2D eigenvalue weighted by Gasteiger charge is -2.33. The molecule has 1 aliphatic rings. The van der Waals surface area contributed by atoms with Crippen LogP contribution in [0.25, 0.3) is 0 Å². The molecule has 13 heteroatoms. The summed E-state index contributed by atoms with van der Waals surface area (Å²) >= 11 is 0. The van der Waals surface area contributed by atoms with Crippen molar-refractivity contribution >= 4 is 27.5 Å². The van der Waals surface area contributed by atoms with Gasteiger partial charge in [-0.3, -0.25) is 13.9 Å². The third-order valence-electron chi connectivity index (χ3n) is 8.51. The van der Waals surface area contributed by atoms with Gasteiger partial charge in [0.05, 0.1) is 46.1 Å². The summed E-state index contributed by atoms with van der Waals surface area (Å²) in [7, 11) is 2.81. The number of sulfonamides is 1. The number of nitrogens with one attached hydrogen (secondary N) is 1. The molecular formula is C35H45N3O9S. The second kappa shape index (κ2) is 16.4. The highest BCUT2D eigenvalue weighted by molar-refractivity contribution is 7.92. The first-order chi connectivity index (χ1) is 23.1. The van der Waals surface area contributed by atoms with Gasteiger partial charge in [-0.15, -0.1) is 0 Å². The minimum Gasteiger partial charge on any atom is -0.497 e. The monoisotopic (exact) mass is 683 g/mol. The summed E-state index contributed by atoms with van der Waals surface area (Å²) in [6, 6.07) is 15.1. The Bertz CT molecular complexity index is 1660. The topological polar surface area (TPSA) is 133 Å². The van der Waals surface area contributed by atoms with E-state index in [2.05, 4.69) is 5.32 Å². The molecule has 0 saturated heterocycles. The first-order valence-corrected chi connectivity index (χ1v) is 17.2. The molecule has 1 unspecified atom stereocenters. The Morgan fingerprint density at radius 1 is 0.771 bits per heavy atom. The maximum atomic E-state index is 14.5. The summed E-state index contributed by atoms with van der Waals surface area (Å²) in [4.78, 5) is 29.3. The van der Waals surface area contributed by atoms with E-state index in [1.54, 1.807) is 50.4 Å². The van der Waals surface area contributed by atoms with Gasteiger partial charge in [-0.25, -0.2) is 8.42 Å². The molecule has 1 saturated carbocycles. The number of amides is 2. The largest absolute Gasteiger partial charge is 0.497 e. The predicted molar refractivity (Wildman–Crippen MR) is 182 cm³/mol. The van der Waals surface area contributed by atoms with Crippen molar-refractivity contribution in [2.24, 2.45) is 0 Å². The molecule has 3 aromatic carbocycles. The molecule has 1 N–H and O–H groups in total. The molecule has 3 aromatic rings. The summed E-state index contributed by atoms with van der Waals surface area (Å²) in [5.74, 6) is 0.789. The number of benzene rings is 3. The second-order valence-electron chi connectivity index (χ2n) is 11.5. The SMILES string of the molecule is COc1ccc(CN(C(=O)CN(c2cc(OC)ccc2OC)S(=O)(=O)c2ccc(OC)c(OC)c2)C(C)C(=O)NC2CCCCC2)cc1. The minimum absolute atomic E-state index is 0.0228. The Morgan fingerprint density at radius 3 is 1.98 bits per heavy atom. The van der Waals surface area contributed by atoms with Crippen molar-refractivity contribution in [1.82, 2.24) is 10.2 Å². The average molecular weight is 684 g/mol. The van der Waals surface area contributed by atoms with Crippen LogP contribution in [0.1, 0.15) is 44.6 Å². The number of ether oxygens (including phenoxy) is 5. The zero-order valence-electron chi connectivity index (χ0n) is 28.4. The number of hydrogen-bond donors (Lipinski definition) is 1. The molecule has 0 heterocycles. The molecule has 1 aliphatic carbocycles. The molecule has 1 fully saturated rings. The molecule has 12 nitrogen and oxygen atoms in total. The maximum Gasteiger partial charge on any atom is 0.265 e. The van der Waals surface area contributed by atoms with E-state index in [0.717, 1.165) is 42.0 Å². The van der Waals surface area contributed by atoms with Gasteiger partial charge in [0.1, 0.15) is 29.8 Å². The number of carbonyl (C=O) groups is 2. The molecule has 0 aliphatic heterocycles. The van der Waals surface area contributed by atoms with Gasteiger partial charge in [0.15, 0.2) is 11.5 Å². The van der Waals surface area contributed by atoms with Gasteiger partial charge in [0.2, 0.25) is 11.8 Å². The summed E-state index contributed by atoms with van der Waals surface area (Å²) in [5, 5.41) is 3.11. The van der Waals surface area contributed by atoms with Gasteiger partial charge in [-0.05, 0) is 61.7 Å². The summed E-state index contributed by atoms with van der Waals surface area (Å²) in [6.45, 7) is 1.04. The van der Waals surface area contributed by atoms with Gasteiger partial charge in [-0.1, -0.05) is 31.4 Å². The molecule has 1 atom stereocenters. The summed E-state index contributed by atoms with van der Waals surface area (Å²) in [6.07, 6.45) is 4.93. The molecule has 2 amide bonds. The van der Waals surface area contributed by atoms with Crippen LogP contribution in [-0.2, 0) is 26.2 Å². The Morgan fingerprint density at radius 2 is 1.38 bits per heavy atom. The highest BCUT2D eigenvalue weighted by Crippen LogP contribution is 2.38. The number of hydrogen-bond acceptors (Lipinski definition) is 9. The smallest absolute Gasteiger partial charge is 0.265 e. The highest BCUT2D eigenvalue weighted by atomic mass is 32.2. The van der Waals surface area contributed by atoms with Gasteiger partial charge < -0.3 is 33.9 Å². The molecule has 0 bridgehead atoms. The summed E-state index contributed by atoms with van der Waals surface area (Å²) in [5.41, 5.74) is 0.804. The van der Waals surface area contributed by atoms with Gasteiger partial charge >= 0.3 is 0 Å². The maximum absolute atomic E-state index is 14.5. The van der Waals surface area contributed by atoms with Crippen molar-refractivity contribution in [2.75, 3.05) is 46.4 Å². The van der Waals surface area contributed by atoms with Crippen molar-refractivity contribution in [3.8, 4) is 28.7 Å². The van der Waals surface area contributed by atoms with Crippen molar-refractivity contribution < 1.29 is 41.7 Å². The van der Waals surface area contributed by atoms with E-state index < -0.39 is 28.5 Å². The number of methoxy groups -OCH3 is 5. The third-order valence-corrected chi connectivity index (χ3v) is 10.3. The molecule has 4 rings (SSSR count). The Kier molecular flexibility index (Phi) is 12.4. The zero-order valence-corrected chi connectivity index (χ0v) is 29.2. The van der Waals surface area contributed by atoms with Crippen LogP contribution < -0.4 is 33.3 Å². The van der Waals surface area contributed by atoms with Gasteiger partial charge in [0.25, 0.3) is 10.0 Å². The number of carbonyl (C=O) groups excluding carboxylic acids is 2. The second-order valence-corrected chi connectivity index (χ2v) is 13.3. The lowest BCUT2D eigenvalue weighted by atomic mass is 9.95. The van der Waals surface area contributed by atoms with Crippen LogP contribution in [0.15, 0.2) is 65.6 Å². The standard InChI is InChI=1S/C35H45N3O9S/c1-24(35(40)36-26-10-8-7-9-11-26)37(22-25-12-14-27(43-2)15-13-25)34(39)23-38(30-20-28(44-3)16-18-31(30)45-4)48(41,42)29-17-19-32(46-5)33(21-29)47-6/h12-21,24,26H,7-11,22-23H2,1-6H3,(H,36,40). The van der Waals surface area contributed by atoms with Crippen molar-refractivity contribution in [2.45, 2.75) is 62.6 Å².